The second-order valence-electron chi connectivity index (χ2n) is 1.40. The molecule has 0 aliphatic rings. The molecule has 1 N–H and O–H groups in total. The normalized spacial score (nSPS) is 10.0. The predicted molar refractivity (Wildman–Crippen MR) is 27.1 cm³/mol. The zero-order chi connectivity index (χ0) is 5.86. The van der Waals surface area contributed by atoms with E-state index in [2.05, 4.69) is 0 Å². The number of hydrogen-bond acceptors (Lipinski definition) is 2. The van der Waals surface area contributed by atoms with Crippen molar-refractivity contribution in [2.75, 3.05) is 0 Å². The molecule has 0 spiro atoms. The minimum absolute atomic E-state index is 0. The van der Waals surface area contributed by atoms with E-state index in [9.17, 15) is 4.79 Å². The van der Waals surface area contributed by atoms with Crippen LogP contribution in [0.1, 0.15) is 13.8 Å². The van der Waals surface area contributed by atoms with Gasteiger partial charge in [0.1, 0.15) is 0 Å². The molecule has 0 aromatic rings. The van der Waals surface area contributed by atoms with Gasteiger partial charge < -0.3 is 5.11 Å². The van der Waals surface area contributed by atoms with Crippen LogP contribution in [0.15, 0.2) is 11.8 Å². The van der Waals surface area contributed by atoms with E-state index in [0.29, 0.717) is 0 Å². The molecule has 0 aromatic heterocycles. The molecular formula is C5H8AuO2. The molecular weight excluding hydrogens is 289 g/mol. The minimum Gasteiger partial charge on any atom is -0.512 e. The molecule has 1 radical (unpaired) electrons. The third kappa shape index (κ3) is 9.34. The Morgan fingerprint density at radius 1 is 1.50 bits per heavy atom. The van der Waals surface area contributed by atoms with E-state index in [4.69, 9.17) is 5.11 Å². The van der Waals surface area contributed by atoms with Crippen LogP contribution in [0.5, 0.6) is 0 Å². The zero-order valence-corrected chi connectivity index (χ0v) is 6.90. The molecule has 0 aromatic carbocycles. The van der Waals surface area contributed by atoms with Crippen molar-refractivity contribution >= 4 is 5.78 Å². The standard InChI is InChI=1S/C5H8O2.Au/c1-4(6)3-5(2)7;/h3,6H,1-2H3;/b4-3-;. The SMILES string of the molecule is CC(=O)/C=C(/C)O.[Au]. The summed E-state index contributed by atoms with van der Waals surface area (Å²) in [6.07, 6.45) is 1.17. The maximum absolute atomic E-state index is 10.0. The van der Waals surface area contributed by atoms with Gasteiger partial charge >= 0.3 is 0 Å². The zero-order valence-electron chi connectivity index (χ0n) is 4.73. The van der Waals surface area contributed by atoms with Gasteiger partial charge in [-0.3, -0.25) is 4.79 Å². The summed E-state index contributed by atoms with van der Waals surface area (Å²) < 4.78 is 0. The Morgan fingerprint density at radius 2 is 1.88 bits per heavy atom. The van der Waals surface area contributed by atoms with E-state index in [1.54, 1.807) is 0 Å². The van der Waals surface area contributed by atoms with Gasteiger partial charge in [0.25, 0.3) is 0 Å². The van der Waals surface area contributed by atoms with Gasteiger partial charge in [0, 0.05) is 28.5 Å². The van der Waals surface area contributed by atoms with Crippen molar-refractivity contribution < 1.29 is 32.3 Å². The van der Waals surface area contributed by atoms with Crippen LogP contribution < -0.4 is 0 Å². The van der Waals surface area contributed by atoms with Crippen molar-refractivity contribution in [3.05, 3.63) is 11.8 Å². The van der Waals surface area contributed by atoms with Crippen molar-refractivity contribution in [3.8, 4) is 0 Å². The predicted octanol–water partition coefficient (Wildman–Crippen LogP) is 1.03. The molecule has 8 heavy (non-hydrogen) atoms. The number of aliphatic hydroxyl groups is 1. The molecule has 0 aliphatic carbocycles. The van der Waals surface area contributed by atoms with Crippen LogP contribution in [0.25, 0.3) is 0 Å². The Morgan fingerprint density at radius 3 is 1.88 bits per heavy atom. The van der Waals surface area contributed by atoms with E-state index < -0.39 is 0 Å². The van der Waals surface area contributed by atoms with Gasteiger partial charge in [-0.2, -0.15) is 0 Å². The van der Waals surface area contributed by atoms with E-state index in [1.807, 2.05) is 0 Å². The summed E-state index contributed by atoms with van der Waals surface area (Å²) >= 11 is 0. The monoisotopic (exact) mass is 297 g/mol. The van der Waals surface area contributed by atoms with Crippen LogP contribution in [0.2, 0.25) is 0 Å². The molecule has 2 nitrogen and oxygen atoms in total. The van der Waals surface area contributed by atoms with E-state index in [0.717, 1.165) is 0 Å². The average Bonchev–Trinajstić information content (AvgIpc) is 1.27. The maximum Gasteiger partial charge on any atom is 0.155 e. The van der Waals surface area contributed by atoms with Crippen LogP contribution >= 0.6 is 0 Å². The van der Waals surface area contributed by atoms with Crippen molar-refractivity contribution in [3.63, 3.8) is 0 Å². The third-order valence-corrected chi connectivity index (χ3v) is 0.412. The summed E-state index contributed by atoms with van der Waals surface area (Å²) in [4.78, 5) is 10.0. The first kappa shape index (κ1) is 10.8. The van der Waals surface area contributed by atoms with Crippen molar-refractivity contribution in [1.29, 1.82) is 0 Å². The van der Waals surface area contributed by atoms with E-state index >= 15 is 0 Å². The number of aliphatic hydroxyl groups excluding tert-OH is 1. The Hall–Kier alpha value is -0.0497. The molecule has 0 heterocycles. The molecule has 51 valence electrons. The van der Waals surface area contributed by atoms with Crippen molar-refractivity contribution in [2.24, 2.45) is 0 Å². The van der Waals surface area contributed by atoms with Crippen LogP contribution in [-0.2, 0) is 27.2 Å². The second kappa shape index (κ2) is 5.09. The molecule has 0 rings (SSSR count). The third-order valence-electron chi connectivity index (χ3n) is 0.412. The Bertz CT molecular complexity index is 103. The van der Waals surface area contributed by atoms with Crippen LogP contribution in [0.4, 0.5) is 0 Å². The molecule has 0 atom stereocenters. The first-order chi connectivity index (χ1) is 3.13. The average molecular weight is 297 g/mol. The van der Waals surface area contributed by atoms with Gasteiger partial charge in [-0.1, -0.05) is 0 Å². The number of rotatable bonds is 1. The number of carbonyl (C=O) groups is 1. The number of allylic oxidation sites excluding steroid dienone is 2. The molecule has 0 aliphatic heterocycles. The van der Waals surface area contributed by atoms with Gasteiger partial charge in [0.15, 0.2) is 5.78 Å². The molecule has 0 saturated carbocycles. The summed E-state index contributed by atoms with van der Waals surface area (Å²) in [5, 5.41) is 8.36. The summed E-state index contributed by atoms with van der Waals surface area (Å²) in [5.74, 6) is -0.0625. The van der Waals surface area contributed by atoms with Gasteiger partial charge in [-0.05, 0) is 13.8 Å². The van der Waals surface area contributed by atoms with Gasteiger partial charge in [-0.15, -0.1) is 0 Å². The minimum atomic E-state index is -0.125. The van der Waals surface area contributed by atoms with Crippen molar-refractivity contribution in [2.45, 2.75) is 13.8 Å². The number of ketones is 1. The quantitative estimate of drug-likeness (QED) is 0.446. The Kier molecular flexibility index (Phi) is 6.91. The van der Waals surface area contributed by atoms with Crippen molar-refractivity contribution in [1.82, 2.24) is 0 Å². The maximum atomic E-state index is 10.0. The Labute approximate surface area is 64.1 Å². The van der Waals surface area contributed by atoms with Gasteiger partial charge in [-0.25, -0.2) is 0 Å². The van der Waals surface area contributed by atoms with Gasteiger partial charge in [0.2, 0.25) is 0 Å². The van der Waals surface area contributed by atoms with E-state index in [-0.39, 0.29) is 33.9 Å². The molecule has 0 saturated heterocycles. The topological polar surface area (TPSA) is 37.3 Å². The Balaban J connectivity index is 0. The molecule has 0 fully saturated rings. The van der Waals surface area contributed by atoms with E-state index in [1.165, 1.54) is 19.9 Å². The number of carbonyl (C=O) groups excluding carboxylic acids is 1. The fourth-order valence-corrected chi connectivity index (χ4v) is 0.294. The fraction of sp³-hybridized carbons (Fsp3) is 0.400. The van der Waals surface area contributed by atoms with Crippen LogP contribution in [-0.4, -0.2) is 10.9 Å². The molecule has 0 unspecified atom stereocenters. The van der Waals surface area contributed by atoms with Crippen LogP contribution in [0.3, 0.4) is 0 Å². The fourth-order valence-electron chi connectivity index (χ4n) is 0.294. The smallest absolute Gasteiger partial charge is 0.155 e. The number of hydrogen-bond donors (Lipinski definition) is 1. The first-order valence-corrected chi connectivity index (χ1v) is 2.01. The first-order valence-electron chi connectivity index (χ1n) is 2.01. The largest absolute Gasteiger partial charge is 0.512 e. The summed E-state index contributed by atoms with van der Waals surface area (Å²) in [6.45, 7) is 2.85. The van der Waals surface area contributed by atoms with Crippen LogP contribution in [0, 0.1) is 0 Å². The second-order valence-corrected chi connectivity index (χ2v) is 1.40. The van der Waals surface area contributed by atoms with Gasteiger partial charge in [0.05, 0.1) is 5.76 Å². The molecule has 0 amide bonds. The summed E-state index contributed by atoms with van der Waals surface area (Å²) in [7, 11) is 0. The molecule has 0 bridgehead atoms. The molecule has 3 heteroatoms. The summed E-state index contributed by atoms with van der Waals surface area (Å²) in [6, 6.07) is 0. The summed E-state index contributed by atoms with van der Waals surface area (Å²) in [5.41, 5.74) is 0.